The van der Waals surface area contributed by atoms with E-state index in [9.17, 15) is 9.59 Å². The fourth-order valence-electron chi connectivity index (χ4n) is 2.29. The Kier molecular flexibility index (Phi) is 8.07. The molecule has 0 saturated carbocycles. The van der Waals surface area contributed by atoms with E-state index < -0.39 is 18.5 Å². The number of hydrogen-bond acceptors (Lipinski definition) is 6. The van der Waals surface area contributed by atoms with Crippen LogP contribution in [-0.2, 0) is 14.3 Å². The first-order valence-electron chi connectivity index (χ1n) is 8.62. The molecule has 29 heavy (non-hydrogen) atoms. The number of amides is 1. The van der Waals surface area contributed by atoms with Gasteiger partial charge in [0.25, 0.3) is 5.91 Å². The zero-order chi connectivity index (χ0) is 21.2. The molecule has 2 rings (SSSR count). The van der Waals surface area contributed by atoms with Crippen molar-refractivity contribution in [3.63, 3.8) is 0 Å². The van der Waals surface area contributed by atoms with Crippen LogP contribution in [0, 0.1) is 11.3 Å². The van der Waals surface area contributed by atoms with E-state index in [0.717, 1.165) is 0 Å². The number of nitrogens with one attached hydrogen (secondary N) is 1. The van der Waals surface area contributed by atoms with Gasteiger partial charge < -0.3 is 19.5 Å². The van der Waals surface area contributed by atoms with E-state index in [-0.39, 0.29) is 5.02 Å². The number of benzene rings is 2. The molecule has 0 bridgehead atoms. The Bertz CT molecular complexity index is 966. The second-order valence-electron chi connectivity index (χ2n) is 5.64. The molecule has 0 aliphatic carbocycles. The van der Waals surface area contributed by atoms with Gasteiger partial charge >= 0.3 is 5.97 Å². The van der Waals surface area contributed by atoms with Crippen molar-refractivity contribution in [1.29, 1.82) is 5.26 Å². The summed E-state index contributed by atoms with van der Waals surface area (Å²) in [5.74, 6) is -0.0560. The maximum atomic E-state index is 11.9. The minimum Gasteiger partial charge on any atom is -0.493 e. The van der Waals surface area contributed by atoms with Gasteiger partial charge in [0.05, 0.1) is 24.3 Å². The van der Waals surface area contributed by atoms with Gasteiger partial charge in [-0.2, -0.15) is 5.26 Å². The molecule has 2 aromatic rings. The van der Waals surface area contributed by atoms with Crippen molar-refractivity contribution in [3.05, 3.63) is 58.6 Å². The molecule has 7 nitrogen and oxygen atoms in total. The summed E-state index contributed by atoms with van der Waals surface area (Å²) in [6.45, 7) is 1.87. The van der Waals surface area contributed by atoms with E-state index in [4.69, 9.17) is 31.1 Å². The molecule has 1 amide bonds. The smallest absolute Gasteiger partial charge is 0.331 e. The highest BCUT2D eigenvalue weighted by molar-refractivity contribution is 6.32. The molecule has 1 N–H and O–H groups in total. The third-order valence-corrected chi connectivity index (χ3v) is 3.93. The van der Waals surface area contributed by atoms with Crippen LogP contribution in [-0.4, -0.2) is 32.2 Å². The van der Waals surface area contributed by atoms with Crippen molar-refractivity contribution < 1.29 is 23.8 Å². The van der Waals surface area contributed by atoms with Gasteiger partial charge in [0, 0.05) is 11.8 Å². The Morgan fingerprint density at radius 2 is 2.00 bits per heavy atom. The average Bonchev–Trinajstić information content (AvgIpc) is 2.71. The Balaban J connectivity index is 1.89. The highest BCUT2D eigenvalue weighted by atomic mass is 35.5. The number of methoxy groups -OCH3 is 1. The van der Waals surface area contributed by atoms with Crippen molar-refractivity contribution in [2.45, 2.75) is 6.92 Å². The number of esters is 1. The molecule has 0 saturated heterocycles. The Labute approximate surface area is 173 Å². The standard InChI is InChI=1S/C21H19ClN2O5/c1-3-28-19-10-14(4-8-18(19)27-2)5-9-21(26)29-13-20(25)24-16-7-6-15(12-23)17(22)11-16/h4-11H,3,13H2,1-2H3,(H,24,25)/b9-5+. The van der Waals surface area contributed by atoms with Crippen LogP contribution in [0.4, 0.5) is 5.69 Å². The van der Waals surface area contributed by atoms with Gasteiger partial charge in [0.15, 0.2) is 18.1 Å². The second kappa shape index (κ2) is 10.7. The first kappa shape index (κ1) is 21.8. The van der Waals surface area contributed by atoms with Crippen LogP contribution in [0.15, 0.2) is 42.5 Å². The quantitative estimate of drug-likeness (QED) is 0.521. The first-order chi connectivity index (χ1) is 14.0. The molecule has 0 unspecified atom stereocenters. The first-order valence-corrected chi connectivity index (χ1v) is 8.99. The maximum Gasteiger partial charge on any atom is 0.331 e. The fraction of sp³-hybridized carbons (Fsp3) is 0.190. The third kappa shape index (κ3) is 6.55. The number of nitriles is 1. The van der Waals surface area contributed by atoms with Gasteiger partial charge in [-0.15, -0.1) is 0 Å². The minimum atomic E-state index is -0.674. The molecule has 0 heterocycles. The van der Waals surface area contributed by atoms with Crippen LogP contribution in [0.2, 0.25) is 5.02 Å². The monoisotopic (exact) mass is 414 g/mol. The fourth-order valence-corrected chi connectivity index (χ4v) is 2.52. The number of ether oxygens (including phenoxy) is 3. The van der Waals surface area contributed by atoms with E-state index in [1.54, 1.807) is 31.4 Å². The summed E-state index contributed by atoms with van der Waals surface area (Å²) in [7, 11) is 1.54. The van der Waals surface area contributed by atoms with Gasteiger partial charge in [-0.05, 0) is 48.9 Å². The summed E-state index contributed by atoms with van der Waals surface area (Å²) in [5, 5.41) is 11.6. The molecule has 150 valence electrons. The molecule has 0 fully saturated rings. The molecular formula is C21H19ClN2O5. The number of carbonyl (C=O) groups excluding carboxylic acids is 2. The minimum absolute atomic E-state index is 0.219. The molecule has 0 aromatic heterocycles. The van der Waals surface area contributed by atoms with E-state index >= 15 is 0 Å². The van der Waals surface area contributed by atoms with Gasteiger partial charge in [-0.25, -0.2) is 4.79 Å². The molecule has 0 atom stereocenters. The number of halogens is 1. The Hall–Kier alpha value is -3.50. The van der Waals surface area contributed by atoms with Crippen molar-refractivity contribution in [1.82, 2.24) is 0 Å². The lowest BCUT2D eigenvalue weighted by atomic mass is 10.2. The summed E-state index contributed by atoms with van der Waals surface area (Å²) in [6.07, 6.45) is 2.76. The lowest BCUT2D eigenvalue weighted by molar-refractivity contribution is -0.142. The average molecular weight is 415 g/mol. The Morgan fingerprint density at radius 1 is 1.21 bits per heavy atom. The van der Waals surface area contributed by atoms with Crippen LogP contribution in [0.3, 0.4) is 0 Å². The summed E-state index contributed by atoms with van der Waals surface area (Å²) in [4.78, 5) is 23.7. The normalized spacial score (nSPS) is 10.3. The van der Waals surface area contributed by atoms with Crippen LogP contribution < -0.4 is 14.8 Å². The lowest BCUT2D eigenvalue weighted by Crippen LogP contribution is -2.20. The van der Waals surface area contributed by atoms with Gasteiger partial charge in [-0.3, -0.25) is 4.79 Å². The predicted octanol–water partition coefficient (Wildman–Crippen LogP) is 3.81. The van der Waals surface area contributed by atoms with Crippen molar-refractivity contribution in [2.24, 2.45) is 0 Å². The number of rotatable bonds is 8. The second-order valence-corrected chi connectivity index (χ2v) is 6.05. The predicted molar refractivity (Wildman–Crippen MR) is 109 cm³/mol. The van der Waals surface area contributed by atoms with Gasteiger partial charge in [-0.1, -0.05) is 17.7 Å². The Morgan fingerprint density at radius 3 is 2.66 bits per heavy atom. The topological polar surface area (TPSA) is 97.6 Å². The van der Waals surface area contributed by atoms with Gasteiger partial charge in [0.1, 0.15) is 6.07 Å². The zero-order valence-electron chi connectivity index (χ0n) is 15.9. The third-order valence-electron chi connectivity index (χ3n) is 3.62. The largest absolute Gasteiger partial charge is 0.493 e. The number of carbonyl (C=O) groups is 2. The molecule has 8 heteroatoms. The number of anilines is 1. The summed E-state index contributed by atoms with van der Waals surface area (Å²) >= 11 is 5.90. The van der Waals surface area contributed by atoms with Crippen molar-refractivity contribution in [3.8, 4) is 17.6 Å². The highest BCUT2D eigenvalue weighted by Gasteiger charge is 2.08. The van der Waals surface area contributed by atoms with Gasteiger partial charge in [0.2, 0.25) is 0 Å². The molecule has 0 radical (unpaired) electrons. The van der Waals surface area contributed by atoms with Crippen molar-refractivity contribution in [2.75, 3.05) is 25.6 Å². The summed E-state index contributed by atoms with van der Waals surface area (Å²) < 4.78 is 15.6. The van der Waals surface area contributed by atoms with E-state index in [1.807, 2.05) is 13.0 Å². The molecule has 0 aliphatic rings. The number of hydrogen-bond donors (Lipinski definition) is 1. The number of nitrogens with zero attached hydrogens (tertiary/aromatic N) is 1. The lowest BCUT2D eigenvalue weighted by Gasteiger charge is -2.09. The highest BCUT2D eigenvalue weighted by Crippen LogP contribution is 2.28. The summed E-state index contributed by atoms with van der Waals surface area (Å²) in [6, 6.07) is 11.6. The van der Waals surface area contributed by atoms with Crippen LogP contribution in [0.1, 0.15) is 18.1 Å². The maximum absolute atomic E-state index is 11.9. The van der Waals surface area contributed by atoms with E-state index in [0.29, 0.717) is 34.9 Å². The summed E-state index contributed by atoms with van der Waals surface area (Å²) in [5.41, 5.74) is 1.41. The molecule has 0 spiro atoms. The van der Waals surface area contributed by atoms with Crippen molar-refractivity contribution >= 4 is 35.2 Å². The van der Waals surface area contributed by atoms with E-state index in [2.05, 4.69) is 5.32 Å². The molecular weight excluding hydrogens is 396 g/mol. The van der Waals surface area contributed by atoms with Crippen LogP contribution in [0.25, 0.3) is 6.08 Å². The van der Waals surface area contributed by atoms with Crippen LogP contribution >= 0.6 is 11.6 Å². The SMILES string of the molecule is CCOc1cc(/C=C/C(=O)OCC(=O)Nc2ccc(C#N)c(Cl)c2)ccc1OC. The van der Waals surface area contributed by atoms with Crippen LogP contribution in [0.5, 0.6) is 11.5 Å². The zero-order valence-corrected chi connectivity index (χ0v) is 16.7. The molecule has 2 aromatic carbocycles. The van der Waals surface area contributed by atoms with E-state index in [1.165, 1.54) is 24.3 Å². The molecule has 0 aliphatic heterocycles.